The number of tetrazole rings is 1. The van der Waals surface area contributed by atoms with Crippen LogP contribution in [-0.2, 0) is 11.3 Å². The average molecular weight is 349 g/mol. The highest BCUT2D eigenvalue weighted by Crippen LogP contribution is 2.18. The minimum absolute atomic E-state index is 0.0395. The molecule has 0 unspecified atom stereocenters. The van der Waals surface area contributed by atoms with Crippen molar-refractivity contribution in [2.75, 3.05) is 13.7 Å². The van der Waals surface area contributed by atoms with Gasteiger partial charge in [0.2, 0.25) is 0 Å². The first kappa shape index (κ1) is 17.8. The molecule has 0 radical (unpaired) electrons. The third kappa shape index (κ3) is 5.53. The van der Waals surface area contributed by atoms with Gasteiger partial charge in [-0.05, 0) is 24.0 Å². The molecule has 1 N–H and O–H groups in total. The van der Waals surface area contributed by atoms with E-state index in [1.807, 2.05) is 0 Å². The standard InChI is InChI=1S/C13H15N7O5/c1-9(7-19-17-13(16-18-19)20(22)23)14-15-12(21)8-25-11-5-3-4-10(6-11)24-2/h3-6H,7-8H2,1-2H3,(H,15,21)/b14-9-. The maximum atomic E-state index is 11.7. The Hall–Kier alpha value is -3.57. The Bertz CT molecular complexity index is 789. The second-order valence-electron chi connectivity index (χ2n) is 4.73. The number of hydrogen-bond acceptors (Lipinski definition) is 9. The van der Waals surface area contributed by atoms with E-state index in [9.17, 15) is 14.9 Å². The zero-order valence-electron chi connectivity index (χ0n) is 13.4. The van der Waals surface area contributed by atoms with Gasteiger partial charge in [0, 0.05) is 11.3 Å². The van der Waals surface area contributed by atoms with Crippen LogP contribution < -0.4 is 14.9 Å². The van der Waals surface area contributed by atoms with Crippen molar-refractivity contribution in [3.8, 4) is 11.5 Å². The molecule has 25 heavy (non-hydrogen) atoms. The molecule has 2 rings (SSSR count). The third-order valence-corrected chi connectivity index (χ3v) is 2.76. The van der Waals surface area contributed by atoms with Crippen molar-refractivity contribution in [2.24, 2.45) is 5.10 Å². The topological polar surface area (TPSA) is 147 Å². The Labute approximate surface area is 141 Å². The van der Waals surface area contributed by atoms with Crippen molar-refractivity contribution >= 4 is 17.6 Å². The van der Waals surface area contributed by atoms with Gasteiger partial charge in [-0.25, -0.2) is 5.43 Å². The molecular weight excluding hydrogens is 334 g/mol. The van der Waals surface area contributed by atoms with Crippen LogP contribution in [0, 0.1) is 10.1 Å². The lowest BCUT2D eigenvalue weighted by Crippen LogP contribution is -2.26. The molecule has 0 aliphatic heterocycles. The lowest BCUT2D eigenvalue weighted by Gasteiger charge is -2.06. The normalized spacial score (nSPS) is 11.0. The van der Waals surface area contributed by atoms with E-state index in [0.717, 1.165) is 4.80 Å². The summed E-state index contributed by atoms with van der Waals surface area (Å²) in [5, 5.41) is 24.6. The Kier molecular flexibility index (Phi) is 5.92. The molecule has 1 aromatic carbocycles. The van der Waals surface area contributed by atoms with Gasteiger partial charge < -0.3 is 19.6 Å². The fourth-order valence-corrected chi connectivity index (χ4v) is 1.64. The van der Waals surface area contributed by atoms with Crippen LogP contribution in [0.2, 0.25) is 0 Å². The van der Waals surface area contributed by atoms with Crippen LogP contribution in [0.1, 0.15) is 6.92 Å². The summed E-state index contributed by atoms with van der Waals surface area (Å²) in [4.78, 5) is 22.4. The van der Waals surface area contributed by atoms with Crippen molar-refractivity contribution in [3.63, 3.8) is 0 Å². The molecule has 0 fully saturated rings. The maximum absolute atomic E-state index is 11.7. The number of nitrogens with zero attached hydrogens (tertiary/aromatic N) is 6. The molecule has 1 aromatic heterocycles. The van der Waals surface area contributed by atoms with Crippen LogP contribution in [0.5, 0.6) is 11.5 Å². The van der Waals surface area contributed by atoms with Crippen LogP contribution in [0.3, 0.4) is 0 Å². The number of benzene rings is 1. The van der Waals surface area contributed by atoms with Crippen molar-refractivity contribution in [1.29, 1.82) is 0 Å². The zero-order valence-corrected chi connectivity index (χ0v) is 13.4. The van der Waals surface area contributed by atoms with E-state index < -0.39 is 16.8 Å². The summed E-state index contributed by atoms with van der Waals surface area (Å²) in [6.07, 6.45) is 0. The molecule has 1 heterocycles. The van der Waals surface area contributed by atoms with Gasteiger partial charge in [0.1, 0.15) is 18.0 Å². The molecule has 0 saturated carbocycles. The van der Waals surface area contributed by atoms with E-state index in [-0.39, 0.29) is 13.2 Å². The van der Waals surface area contributed by atoms with E-state index in [0.29, 0.717) is 17.2 Å². The first-order valence-corrected chi connectivity index (χ1v) is 6.99. The predicted octanol–water partition coefficient (Wildman–Crippen LogP) is 0.161. The number of carbonyl (C=O) groups excluding carboxylic acids is 1. The summed E-state index contributed by atoms with van der Waals surface area (Å²) in [7, 11) is 1.53. The molecule has 0 atom stereocenters. The molecule has 2 aromatic rings. The Morgan fingerprint density at radius 3 is 2.88 bits per heavy atom. The fraction of sp³-hybridized carbons (Fsp3) is 0.308. The number of rotatable bonds is 8. The molecular formula is C13H15N7O5. The smallest absolute Gasteiger partial charge is 0.497 e. The SMILES string of the molecule is COc1cccc(OCC(=O)N/N=C(/C)Cn2nnc([N+](=O)[O-])n2)c1. The Morgan fingerprint density at radius 2 is 2.20 bits per heavy atom. The molecule has 0 aliphatic rings. The summed E-state index contributed by atoms with van der Waals surface area (Å²) in [6, 6.07) is 6.82. The van der Waals surface area contributed by atoms with Gasteiger partial charge in [-0.2, -0.15) is 5.10 Å². The second-order valence-corrected chi connectivity index (χ2v) is 4.73. The van der Waals surface area contributed by atoms with Crippen LogP contribution in [0.25, 0.3) is 0 Å². The number of methoxy groups -OCH3 is 1. The molecule has 132 valence electrons. The first-order chi connectivity index (χ1) is 12.0. The number of amides is 1. The number of carbonyl (C=O) groups is 1. The highest BCUT2D eigenvalue weighted by atomic mass is 16.6. The van der Waals surface area contributed by atoms with E-state index in [4.69, 9.17) is 9.47 Å². The fourth-order valence-electron chi connectivity index (χ4n) is 1.64. The molecule has 0 bridgehead atoms. The molecule has 12 heteroatoms. The van der Waals surface area contributed by atoms with Crippen LogP contribution in [-0.4, -0.2) is 50.5 Å². The Morgan fingerprint density at radius 1 is 1.44 bits per heavy atom. The molecule has 12 nitrogen and oxygen atoms in total. The summed E-state index contributed by atoms with van der Waals surface area (Å²) in [5.74, 6) is 0.0127. The van der Waals surface area contributed by atoms with Crippen LogP contribution in [0.15, 0.2) is 29.4 Å². The minimum Gasteiger partial charge on any atom is -0.497 e. The van der Waals surface area contributed by atoms with Crippen molar-refractivity contribution in [3.05, 3.63) is 34.4 Å². The highest BCUT2D eigenvalue weighted by molar-refractivity contribution is 5.84. The zero-order chi connectivity index (χ0) is 18.2. The van der Waals surface area contributed by atoms with Gasteiger partial charge in [0.25, 0.3) is 5.91 Å². The number of nitro groups is 1. The highest BCUT2D eigenvalue weighted by Gasteiger charge is 2.15. The summed E-state index contributed by atoms with van der Waals surface area (Å²) in [5.41, 5.74) is 2.72. The third-order valence-electron chi connectivity index (χ3n) is 2.76. The quantitative estimate of drug-likeness (QED) is 0.403. The first-order valence-electron chi connectivity index (χ1n) is 6.99. The van der Waals surface area contributed by atoms with Crippen LogP contribution >= 0.6 is 0 Å². The summed E-state index contributed by atoms with van der Waals surface area (Å²) >= 11 is 0. The number of nitrogens with one attached hydrogen (secondary N) is 1. The maximum Gasteiger partial charge on any atom is 0.514 e. The van der Waals surface area contributed by atoms with Crippen molar-refractivity contribution < 1.29 is 19.2 Å². The van der Waals surface area contributed by atoms with Gasteiger partial charge >= 0.3 is 5.95 Å². The van der Waals surface area contributed by atoms with E-state index >= 15 is 0 Å². The van der Waals surface area contributed by atoms with Gasteiger partial charge in [-0.15, -0.1) is 0 Å². The lowest BCUT2D eigenvalue weighted by molar-refractivity contribution is -0.394. The van der Waals surface area contributed by atoms with E-state index in [2.05, 4.69) is 25.9 Å². The van der Waals surface area contributed by atoms with E-state index in [1.165, 1.54) is 7.11 Å². The van der Waals surface area contributed by atoms with Gasteiger partial charge in [0.15, 0.2) is 6.61 Å². The van der Waals surface area contributed by atoms with Gasteiger partial charge in [-0.1, -0.05) is 10.9 Å². The minimum atomic E-state index is -0.756. The monoisotopic (exact) mass is 349 g/mol. The van der Waals surface area contributed by atoms with Gasteiger partial charge in [0.05, 0.1) is 23.0 Å². The number of hydrazone groups is 1. The second kappa shape index (κ2) is 8.33. The average Bonchev–Trinajstić information content (AvgIpc) is 3.07. The Balaban J connectivity index is 1.80. The lowest BCUT2D eigenvalue weighted by atomic mass is 10.3. The largest absolute Gasteiger partial charge is 0.514 e. The van der Waals surface area contributed by atoms with Crippen molar-refractivity contribution in [2.45, 2.75) is 13.5 Å². The van der Waals surface area contributed by atoms with Crippen LogP contribution in [0.4, 0.5) is 5.95 Å². The number of hydrogen-bond donors (Lipinski definition) is 1. The molecule has 0 spiro atoms. The number of ether oxygens (including phenoxy) is 2. The molecule has 0 saturated heterocycles. The summed E-state index contributed by atoms with van der Waals surface area (Å²) < 4.78 is 10.4. The number of aromatic nitrogens is 4. The molecule has 0 aliphatic carbocycles. The van der Waals surface area contributed by atoms with E-state index in [1.54, 1.807) is 31.2 Å². The van der Waals surface area contributed by atoms with Crippen molar-refractivity contribution in [1.82, 2.24) is 25.6 Å². The molecule has 1 amide bonds. The summed E-state index contributed by atoms with van der Waals surface area (Å²) in [6.45, 7) is 1.40. The predicted molar refractivity (Wildman–Crippen MR) is 84.2 cm³/mol. The van der Waals surface area contributed by atoms with Gasteiger partial charge in [-0.3, -0.25) is 4.79 Å².